The van der Waals surface area contributed by atoms with Gasteiger partial charge in [0.2, 0.25) is 10.0 Å². The van der Waals surface area contributed by atoms with Crippen molar-refractivity contribution in [2.45, 2.75) is 31.1 Å². The SMILES string of the molecule is Cc1ccc(S(=O)(=O)N2CCCCC2)cc1C(=O)N(C)c1nc2ccccc2s1. The molecule has 0 atom stereocenters. The molecule has 4 rings (SSSR count). The maximum Gasteiger partial charge on any atom is 0.260 e. The van der Waals surface area contributed by atoms with Gasteiger partial charge in [-0.15, -0.1) is 0 Å². The molecule has 152 valence electrons. The van der Waals surface area contributed by atoms with Crippen molar-refractivity contribution in [1.29, 1.82) is 0 Å². The number of carbonyl (C=O) groups excluding carboxylic acids is 1. The van der Waals surface area contributed by atoms with Crippen molar-refractivity contribution in [3.05, 3.63) is 53.6 Å². The van der Waals surface area contributed by atoms with E-state index in [9.17, 15) is 13.2 Å². The summed E-state index contributed by atoms with van der Waals surface area (Å²) in [7, 11) is -1.92. The summed E-state index contributed by atoms with van der Waals surface area (Å²) in [6, 6.07) is 12.5. The Balaban J connectivity index is 1.67. The Bertz CT molecular complexity index is 1130. The van der Waals surface area contributed by atoms with Gasteiger partial charge in [0, 0.05) is 25.7 Å². The Morgan fingerprint density at radius 1 is 1.10 bits per heavy atom. The first-order chi connectivity index (χ1) is 13.9. The number of aromatic nitrogens is 1. The minimum atomic E-state index is -3.60. The van der Waals surface area contributed by atoms with Crippen LogP contribution < -0.4 is 4.90 Å². The number of amides is 1. The van der Waals surface area contributed by atoms with E-state index in [1.54, 1.807) is 19.2 Å². The lowest BCUT2D eigenvalue weighted by Gasteiger charge is -2.26. The number of hydrogen-bond acceptors (Lipinski definition) is 5. The standard InChI is InChI=1S/C21H23N3O3S2/c1-15-10-11-16(29(26,27)24-12-6-3-7-13-24)14-17(15)20(25)23(2)21-22-18-8-4-5-9-19(18)28-21/h4-5,8-11,14H,3,6-7,12-13H2,1-2H3. The van der Waals surface area contributed by atoms with E-state index >= 15 is 0 Å². The summed E-state index contributed by atoms with van der Waals surface area (Å²) >= 11 is 1.43. The first kappa shape index (κ1) is 20.0. The van der Waals surface area contributed by atoms with Crippen LogP contribution in [0, 0.1) is 6.92 Å². The Hall–Kier alpha value is -2.29. The lowest BCUT2D eigenvalue weighted by Crippen LogP contribution is -2.35. The van der Waals surface area contributed by atoms with Crippen LogP contribution in [0.25, 0.3) is 10.2 Å². The van der Waals surface area contributed by atoms with Crippen LogP contribution in [0.4, 0.5) is 5.13 Å². The highest BCUT2D eigenvalue weighted by molar-refractivity contribution is 7.89. The minimum Gasteiger partial charge on any atom is -0.287 e. The van der Waals surface area contributed by atoms with Crippen LogP contribution in [-0.4, -0.2) is 43.8 Å². The van der Waals surface area contributed by atoms with Gasteiger partial charge in [0.25, 0.3) is 5.91 Å². The summed E-state index contributed by atoms with van der Waals surface area (Å²) in [5.74, 6) is -0.266. The summed E-state index contributed by atoms with van der Waals surface area (Å²) in [5.41, 5.74) is 1.95. The van der Waals surface area contributed by atoms with Gasteiger partial charge in [0.15, 0.2) is 5.13 Å². The zero-order chi connectivity index (χ0) is 20.6. The van der Waals surface area contributed by atoms with Crippen LogP contribution in [0.2, 0.25) is 0 Å². The zero-order valence-electron chi connectivity index (χ0n) is 16.5. The van der Waals surface area contributed by atoms with E-state index in [-0.39, 0.29) is 10.8 Å². The van der Waals surface area contributed by atoms with Gasteiger partial charge in [0.05, 0.1) is 15.1 Å². The lowest BCUT2D eigenvalue weighted by atomic mass is 10.1. The second kappa shape index (κ2) is 7.85. The molecule has 1 amide bonds. The molecule has 1 aliphatic rings. The van der Waals surface area contributed by atoms with Crippen LogP contribution in [0.3, 0.4) is 0 Å². The fourth-order valence-corrected chi connectivity index (χ4v) is 5.99. The van der Waals surface area contributed by atoms with Crippen molar-refractivity contribution in [3.8, 4) is 0 Å². The Kier molecular flexibility index (Phi) is 5.42. The molecular formula is C21H23N3O3S2. The molecule has 0 radical (unpaired) electrons. The number of sulfonamides is 1. The third-order valence-electron chi connectivity index (χ3n) is 5.27. The number of anilines is 1. The average molecular weight is 430 g/mol. The summed E-state index contributed by atoms with van der Waals surface area (Å²) in [6.45, 7) is 2.88. The van der Waals surface area contributed by atoms with Gasteiger partial charge < -0.3 is 0 Å². The monoisotopic (exact) mass is 429 g/mol. The molecule has 1 saturated heterocycles. The van der Waals surface area contributed by atoms with Crippen molar-refractivity contribution in [1.82, 2.24) is 9.29 Å². The molecule has 0 unspecified atom stereocenters. The van der Waals surface area contributed by atoms with E-state index in [0.717, 1.165) is 35.0 Å². The molecule has 8 heteroatoms. The molecule has 0 spiro atoms. The van der Waals surface area contributed by atoms with Gasteiger partial charge in [-0.1, -0.05) is 36.0 Å². The van der Waals surface area contributed by atoms with Crippen LogP contribution in [-0.2, 0) is 10.0 Å². The number of benzene rings is 2. The van der Waals surface area contributed by atoms with Crippen LogP contribution in [0.1, 0.15) is 35.2 Å². The molecule has 1 aromatic heterocycles. The molecule has 6 nitrogen and oxygen atoms in total. The summed E-state index contributed by atoms with van der Waals surface area (Å²) < 4.78 is 28.6. The van der Waals surface area contributed by atoms with E-state index in [2.05, 4.69) is 4.98 Å². The third-order valence-corrected chi connectivity index (χ3v) is 8.27. The molecule has 0 saturated carbocycles. The predicted octanol–water partition coefficient (Wildman–Crippen LogP) is 4.06. The number of rotatable bonds is 4. The first-order valence-corrected chi connectivity index (χ1v) is 11.9. The van der Waals surface area contributed by atoms with E-state index < -0.39 is 10.0 Å². The van der Waals surface area contributed by atoms with E-state index in [4.69, 9.17) is 0 Å². The number of thiazole rings is 1. The van der Waals surface area contributed by atoms with Gasteiger partial charge in [0.1, 0.15) is 0 Å². The smallest absolute Gasteiger partial charge is 0.260 e. The molecule has 0 aliphatic carbocycles. The fourth-order valence-electron chi connectivity index (χ4n) is 3.52. The quantitative estimate of drug-likeness (QED) is 0.627. The van der Waals surface area contributed by atoms with Gasteiger partial charge in [-0.05, 0) is 49.6 Å². The fraction of sp³-hybridized carbons (Fsp3) is 0.333. The van der Waals surface area contributed by atoms with Crippen LogP contribution >= 0.6 is 11.3 Å². The van der Waals surface area contributed by atoms with Crippen molar-refractivity contribution >= 4 is 42.6 Å². The van der Waals surface area contributed by atoms with Crippen molar-refractivity contribution in [2.75, 3.05) is 25.0 Å². The number of fused-ring (bicyclic) bond motifs is 1. The highest BCUT2D eigenvalue weighted by Crippen LogP contribution is 2.30. The zero-order valence-corrected chi connectivity index (χ0v) is 18.1. The van der Waals surface area contributed by atoms with Gasteiger partial charge in [-0.2, -0.15) is 4.31 Å². The first-order valence-electron chi connectivity index (χ1n) is 9.62. The maximum absolute atomic E-state index is 13.2. The Morgan fingerprint density at radius 2 is 1.83 bits per heavy atom. The molecule has 2 heterocycles. The number of para-hydroxylation sites is 1. The molecule has 2 aromatic carbocycles. The number of carbonyl (C=O) groups is 1. The van der Waals surface area contributed by atoms with E-state index in [1.165, 1.54) is 26.6 Å². The summed E-state index contributed by atoms with van der Waals surface area (Å²) in [6.07, 6.45) is 2.80. The van der Waals surface area contributed by atoms with Gasteiger partial charge in [-0.3, -0.25) is 9.69 Å². The highest BCUT2D eigenvalue weighted by Gasteiger charge is 2.28. The molecule has 1 aliphatic heterocycles. The second-order valence-electron chi connectivity index (χ2n) is 7.27. The molecule has 1 fully saturated rings. The van der Waals surface area contributed by atoms with Crippen LogP contribution in [0.15, 0.2) is 47.4 Å². The Morgan fingerprint density at radius 3 is 2.55 bits per heavy atom. The Labute approximate surface area is 174 Å². The molecular weight excluding hydrogens is 406 g/mol. The lowest BCUT2D eigenvalue weighted by molar-refractivity contribution is 0.0992. The van der Waals surface area contributed by atoms with Crippen molar-refractivity contribution < 1.29 is 13.2 Å². The van der Waals surface area contributed by atoms with Crippen LogP contribution in [0.5, 0.6) is 0 Å². The predicted molar refractivity (Wildman–Crippen MR) is 116 cm³/mol. The number of aryl methyl sites for hydroxylation is 1. The maximum atomic E-state index is 13.2. The van der Waals surface area contributed by atoms with E-state index in [0.29, 0.717) is 23.8 Å². The van der Waals surface area contributed by atoms with E-state index in [1.807, 2.05) is 31.2 Å². The number of nitrogens with zero attached hydrogens (tertiary/aromatic N) is 3. The normalized spacial score (nSPS) is 15.5. The number of hydrogen-bond donors (Lipinski definition) is 0. The third kappa shape index (κ3) is 3.80. The van der Waals surface area contributed by atoms with Gasteiger partial charge in [-0.25, -0.2) is 13.4 Å². The average Bonchev–Trinajstić information content (AvgIpc) is 3.18. The minimum absolute atomic E-state index is 0.172. The summed E-state index contributed by atoms with van der Waals surface area (Å²) in [4.78, 5) is 19.4. The highest BCUT2D eigenvalue weighted by atomic mass is 32.2. The molecule has 29 heavy (non-hydrogen) atoms. The molecule has 0 bridgehead atoms. The largest absolute Gasteiger partial charge is 0.287 e. The molecule has 0 N–H and O–H groups in total. The van der Waals surface area contributed by atoms with Crippen molar-refractivity contribution in [3.63, 3.8) is 0 Å². The second-order valence-corrected chi connectivity index (χ2v) is 10.2. The number of piperidine rings is 1. The van der Waals surface area contributed by atoms with Crippen molar-refractivity contribution in [2.24, 2.45) is 0 Å². The van der Waals surface area contributed by atoms with Gasteiger partial charge >= 0.3 is 0 Å². The summed E-state index contributed by atoms with van der Waals surface area (Å²) in [5, 5.41) is 0.583. The molecule has 3 aromatic rings. The topological polar surface area (TPSA) is 70.6 Å².